The molecule has 1 unspecified atom stereocenters. The van der Waals surface area contributed by atoms with Crippen molar-refractivity contribution in [3.8, 4) is 5.75 Å². The van der Waals surface area contributed by atoms with Crippen LogP contribution in [0.5, 0.6) is 5.75 Å². The zero-order valence-corrected chi connectivity index (χ0v) is 12.1. The van der Waals surface area contributed by atoms with E-state index in [1.54, 1.807) is 47.9 Å². The lowest BCUT2D eigenvalue weighted by molar-refractivity contribution is -0.144. The number of nitrogens with one attached hydrogen (secondary N) is 1. The fourth-order valence-corrected chi connectivity index (χ4v) is 1.82. The molecule has 0 saturated heterocycles. The molecule has 0 spiro atoms. The maximum Gasteiger partial charge on any atom is 0.422 e. The van der Waals surface area contributed by atoms with Crippen molar-refractivity contribution >= 4 is 23.7 Å². The molecule has 0 radical (unpaired) electrons. The fraction of sp³-hybridized carbons (Fsp3) is 0.0667. The number of ether oxygens (including phenoxy) is 2. The summed E-state index contributed by atoms with van der Waals surface area (Å²) in [5.74, 6) is 4.51. The smallest absolute Gasteiger partial charge is 0.422 e. The van der Waals surface area contributed by atoms with Crippen molar-refractivity contribution in [1.29, 1.82) is 0 Å². The van der Waals surface area contributed by atoms with Crippen LogP contribution in [-0.2, 0) is 9.53 Å². The molecular formula is C15H13ClN2O4. The number of halogens is 1. The van der Waals surface area contributed by atoms with Crippen LogP contribution in [0.4, 0.5) is 4.79 Å². The molecule has 0 saturated carbocycles. The van der Waals surface area contributed by atoms with Crippen LogP contribution in [0.3, 0.4) is 0 Å². The van der Waals surface area contributed by atoms with Gasteiger partial charge in [-0.05, 0) is 24.3 Å². The van der Waals surface area contributed by atoms with Crippen LogP contribution in [0, 0.1) is 0 Å². The number of esters is 1. The van der Waals surface area contributed by atoms with Gasteiger partial charge in [0.05, 0.1) is 0 Å². The topological polar surface area (TPSA) is 90.6 Å². The minimum atomic E-state index is -1.24. The second-order valence-corrected chi connectivity index (χ2v) is 4.65. The molecule has 0 bridgehead atoms. The molecular weight excluding hydrogens is 308 g/mol. The summed E-state index contributed by atoms with van der Waals surface area (Å²) in [4.78, 5) is 23.6. The maximum atomic E-state index is 12.2. The number of amides is 1. The second-order valence-electron chi connectivity index (χ2n) is 4.22. The van der Waals surface area contributed by atoms with Gasteiger partial charge >= 0.3 is 12.1 Å². The number of hydrazine groups is 1. The average molecular weight is 321 g/mol. The minimum absolute atomic E-state index is 0.284. The monoisotopic (exact) mass is 320 g/mol. The van der Waals surface area contributed by atoms with E-state index in [4.69, 9.17) is 26.9 Å². The van der Waals surface area contributed by atoms with Crippen LogP contribution < -0.4 is 16.0 Å². The molecule has 2 aromatic rings. The second kappa shape index (κ2) is 7.44. The summed E-state index contributed by atoms with van der Waals surface area (Å²) in [5.41, 5.74) is 2.27. The Balaban J connectivity index is 2.18. The number of carbonyl (C=O) groups is 2. The van der Waals surface area contributed by atoms with Gasteiger partial charge in [0.25, 0.3) is 0 Å². The van der Waals surface area contributed by atoms with Gasteiger partial charge in [-0.1, -0.05) is 41.9 Å². The van der Waals surface area contributed by atoms with Crippen LogP contribution in [-0.4, -0.2) is 12.1 Å². The van der Waals surface area contributed by atoms with Gasteiger partial charge in [0.2, 0.25) is 6.10 Å². The van der Waals surface area contributed by atoms with Gasteiger partial charge in [-0.2, -0.15) is 0 Å². The van der Waals surface area contributed by atoms with Crippen molar-refractivity contribution < 1.29 is 19.1 Å². The van der Waals surface area contributed by atoms with Crippen molar-refractivity contribution in [2.24, 2.45) is 5.84 Å². The zero-order valence-electron chi connectivity index (χ0n) is 11.4. The lowest BCUT2D eigenvalue weighted by Crippen LogP contribution is -2.34. The van der Waals surface area contributed by atoms with E-state index in [1.165, 1.54) is 12.1 Å². The molecule has 1 atom stereocenters. The zero-order chi connectivity index (χ0) is 15.9. The molecule has 1 amide bonds. The lowest BCUT2D eigenvalue weighted by Gasteiger charge is -2.16. The Labute approximate surface area is 131 Å². The van der Waals surface area contributed by atoms with E-state index >= 15 is 0 Å². The lowest BCUT2D eigenvalue weighted by atomic mass is 10.1. The Kier molecular flexibility index (Phi) is 5.35. The van der Waals surface area contributed by atoms with Crippen molar-refractivity contribution in [3.63, 3.8) is 0 Å². The van der Waals surface area contributed by atoms with Gasteiger partial charge in [0.15, 0.2) is 0 Å². The third-order valence-electron chi connectivity index (χ3n) is 2.69. The Hall–Kier alpha value is -2.57. The van der Waals surface area contributed by atoms with E-state index in [2.05, 4.69) is 0 Å². The van der Waals surface area contributed by atoms with Crippen LogP contribution in [0.2, 0.25) is 5.02 Å². The highest BCUT2D eigenvalue weighted by Gasteiger charge is 2.26. The summed E-state index contributed by atoms with van der Waals surface area (Å²) in [7, 11) is 0. The molecule has 0 aromatic heterocycles. The molecule has 2 aromatic carbocycles. The number of benzene rings is 2. The van der Waals surface area contributed by atoms with Gasteiger partial charge < -0.3 is 9.47 Å². The predicted molar refractivity (Wildman–Crippen MR) is 80.1 cm³/mol. The normalized spacial score (nSPS) is 11.4. The highest BCUT2D eigenvalue weighted by molar-refractivity contribution is 6.30. The first-order valence-electron chi connectivity index (χ1n) is 6.29. The van der Waals surface area contributed by atoms with Crippen molar-refractivity contribution in [1.82, 2.24) is 5.43 Å². The largest absolute Gasteiger partial charge is 0.428 e. The molecule has 114 valence electrons. The summed E-state index contributed by atoms with van der Waals surface area (Å²) in [6, 6.07) is 14.7. The number of rotatable bonds is 4. The van der Waals surface area contributed by atoms with E-state index in [9.17, 15) is 9.59 Å². The minimum Gasteiger partial charge on any atom is -0.428 e. The van der Waals surface area contributed by atoms with Gasteiger partial charge in [-0.15, -0.1) is 0 Å². The first-order valence-corrected chi connectivity index (χ1v) is 6.67. The van der Waals surface area contributed by atoms with Crippen molar-refractivity contribution in [2.75, 3.05) is 0 Å². The van der Waals surface area contributed by atoms with Crippen molar-refractivity contribution in [3.05, 3.63) is 65.2 Å². The summed E-state index contributed by atoms with van der Waals surface area (Å²) >= 11 is 5.76. The highest BCUT2D eigenvalue weighted by atomic mass is 35.5. The van der Waals surface area contributed by atoms with E-state index < -0.39 is 18.2 Å². The van der Waals surface area contributed by atoms with E-state index in [0.29, 0.717) is 10.6 Å². The van der Waals surface area contributed by atoms with E-state index in [-0.39, 0.29) is 5.75 Å². The van der Waals surface area contributed by atoms with Crippen LogP contribution >= 0.6 is 11.6 Å². The van der Waals surface area contributed by atoms with Gasteiger partial charge in [0, 0.05) is 10.6 Å². The Morgan fingerprint density at radius 2 is 1.68 bits per heavy atom. The SMILES string of the molecule is NNC(=O)OC(C(=O)Oc1ccc(Cl)cc1)c1ccccc1. The van der Waals surface area contributed by atoms with E-state index in [1.807, 2.05) is 0 Å². The molecule has 3 N–H and O–H groups in total. The summed E-state index contributed by atoms with van der Waals surface area (Å²) in [6.45, 7) is 0. The number of carbonyl (C=O) groups excluding carboxylic acids is 2. The summed E-state index contributed by atoms with van der Waals surface area (Å²) < 4.78 is 10.2. The maximum absolute atomic E-state index is 12.2. The van der Waals surface area contributed by atoms with Crippen LogP contribution in [0.1, 0.15) is 11.7 Å². The Morgan fingerprint density at radius 3 is 2.27 bits per heavy atom. The average Bonchev–Trinajstić information content (AvgIpc) is 2.55. The predicted octanol–water partition coefficient (Wildman–Crippen LogP) is 2.59. The molecule has 0 heterocycles. The van der Waals surface area contributed by atoms with Crippen LogP contribution in [0.25, 0.3) is 0 Å². The van der Waals surface area contributed by atoms with Crippen molar-refractivity contribution in [2.45, 2.75) is 6.10 Å². The number of hydrogen-bond donors (Lipinski definition) is 2. The Morgan fingerprint density at radius 1 is 1.05 bits per heavy atom. The standard InChI is InChI=1S/C15H13ClN2O4/c16-11-6-8-12(9-7-11)21-14(19)13(22-15(20)18-17)10-4-2-1-3-5-10/h1-9,13H,17H2,(H,18,20). The first kappa shape index (κ1) is 15.8. The Bertz CT molecular complexity index is 646. The molecule has 6 nitrogen and oxygen atoms in total. The fourth-order valence-electron chi connectivity index (χ4n) is 1.69. The molecule has 7 heteroatoms. The first-order chi connectivity index (χ1) is 10.6. The van der Waals surface area contributed by atoms with Crippen LogP contribution in [0.15, 0.2) is 54.6 Å². The molecule has 22 heavy (non-hydrogen) atoms. The molecule has 2 rings (SSSR count). The highest BCUT2D eigenvalue weighted by Crippen LogP contribution is 2.22. The van der Waals surface area contributed by atoms with E-state index in [0.717, 1.165) is 0 Å². The summed E-state index contributed by atoms with van der Waals surface area (Å²) in [5, 5.41) is 0.512. The van der Waals surface area contributed by atoms with Gasteiger partial charge in [0.1, 0.15) is 5.75 Å². The third kappa shape index (κ3) is 4.21. The van der Waals surface area contributed by atoms with Gasteiger partial charge in [-0.3, -0.25) is 5.43 Å². The molecule has 0 fully saturated rings. The molecule has 0 aliphatic rings. The van der Waals surface area contributed by atoms with Gasteiger partial charge in [-0.25, -0.2) is 15.4 Å². The molecule has 0 aliphatic heterocycles. The quantitative estimate of drug-likeness (QED) is 0.297. The number of hydrogen-bond acceptors (Lipinski definition) is 5. The number of nitrogens with two attached hydrogens (primary N) is 1. The summed E-state index contributed by atoms with van der Waals surface area (Å²) in [6.07, 6.45) is -2.18. The molecule has 0 aliphatic carbocycles. The third-order valence-corrected chi connectivity index (χ3v) is 2.94.